The van der Waals surface area contributed by atoms with Gasteiger partial charge in [0.15, 0.2) is 0 Å². The van der Waals surface area contributed by atoms with Crippen molar-refractivity contribution in [1.29, 1.82) is 0 Å². The quantitative estimate of drug-likeness (QED) is 0.0770. The minimum atomic E-state index is -0.438. The zero-order valence-electron chi connectivity index (χ0n) is 37.3. The monoisotopic (exact) mass is 1010 g/mol. The number of hydrogen-bond acceptors (Lipinski definition) is 5. The third kappa shape index (κ3) is 15.2. The van der Waals surface area contributed by atoms with Crippen molar-refractivity contribution in [2.45, 2.75) is 160 Å². The first-order valence-electron chi connectivity index (χ1n) is 22.7. The van der Waals surface area contributed by atoms with Crippen LogP contribution in [0.2, 0.25) is 0 Å². The van der Waals surface area contributed by atoms with E-state index in [4.69, 9.17) is 16.3 Å². The summed E-state index contributed by atoms with van der Waals surface area (Å²) in [6, 6.07) is 32.0. The molecule has 0 bridgehead atoms. The number of aliphatic hydroxyl groups excluding tert-OH is 2. The van der Waals surface area contributed by atoms with Crippen molar-refractivity contribution in [3.05, 3.63) is 129 Å². The summed E-state index contributed by atoms with van der Waals surface area (Å²) >= 11 is 8.49. The number of hydrogen-bond donors (Lipinski definition) is 2. The largest absolute Gasteiger partial charge is 0.389 e. The van der Waals surface area contributed by atoms with Crippen molar-refractivity contribution < 1.29 is 85.2 Å². The number of aliphatic hydroxyl groups is 2. The molecular weight excluding hydrogens is 946 g/mol. The number of benzene rings is 3. The van der Waals surface area contributed by atoms with Crippen LogP contribution in [-0.2, 0) is 88.0 Å². The van der Waals surface area contributed by atoms with E-state index in [1.807, 2.05) is 42.5 Å². The number of alkyl halides is 1. The van der Waals surface area contributed by atoms with E-state index in [1.54, 1.807) is 11.3 Å². The van der Waals surface area contributed by atoms with Gasteiger partial charge in [0.1, 0.15) is 5.78 Å². The van der Waals surface area contributed by atoms with E-state index in [0.717, 1.165) is 86.5 Å². The van der Waals surface area contributed by atoms with Gasteiger partial charge in [0, 0.05) is 108 Å². The molecule has 4 nitrogen and oxygen atoms in total. The first-order chi connectivity index (χ1) is 28.5. The number of carbonyl (C=O) groups excluding carboxylic acids is 1. The number of aryl methyl sites for hydroxylation is 1. The molecule has 0 spiro atoms. The molecule has 1 heterocycles. The van der Waals surface area contributed by atoms with Gasteiger partial charge in [-0.15, -0.1) is 27.4 Å². The molecule has 3 aliphatic rings. The Balaban J connectivity index is 0.000000260. The molecule has 3 saturated carbocycles. The molecule has 7 atom stereocenters. The zero-order valence-corrected chi connectivity index (χ0v) is 44.5. The van der Waals surface area contributed by atoms with Crippen molar-refractivity contribution in [3.63, 3.8) is 0 Å². The fourth-order valence-electron chi connectivity index (χ4n) is 10.2. The molecule has 8 heteroatoms. The fraction of sp³-hybridized carbons (Fsp3) is 0.566. The van der Waals surface area contributed by atoms with Crippen LogP contribution in [0.15, 0.2) is 84.9 Å². The van der Waals surface area contributed by atoms with E-state index in [9.17, 15) is 15.0 Å². The number of Topliss-reactive ketones (excluding diaryl/α,β-unsaturated/α-hetero) is 1. The van der Waals surface area contributed by atoms with Gasteiger partial charge in [-0.05, 0) is 90.9 Å². The van der Waals surface area contributed by atoms with Gasteiger partial charge in [-0.25, -0.2) is 6.07 Å². The van der Waals surface area contributed by atoms with Crippen LogP contribution in [0.25, 0.3) is 0 Å². The van der Waals surface area contributed by atoms with Crippen LogP contribution in [0.5, 0.6) is 0 Å². The molecule has 3 aliphatic carbocycles. The maximum Gasteiger partial charge on any atom is 0.140 e. The Morgan fingerprint density at radius 3 is 2.36 bits per heavy atom. The number of ether oxygens (including phenoxy) is 1. The minimum absolute atomic E-state index is 0. The van der Waals surface area contributed by atoms with Crippen LogP contribution in [0, 0.1) is 34.1 Å². The summed E-state index contributed by atoms with van der Waals surface area (Å²) in [5, 5.41) is 25.2. The fourth-order valence-corrected chi connectivity index (χ4v) is 11.3. The standard InChI is InChI=1S/C27H33O3.C26H36ClOS.2Y/c1-2-14-27(15-7-16-27)26(29)22-11-6-10-21(17-22)25-23(12-13-24(25)28)19-30-18-20-8-4-3-5-9-20;1-26(2,3)17-5-10-24(28)19-11-13-21(14-12-19)25-20(15-16-23(25)27)7-4-8-22-9-6-18-29-22;;/h3-4,6,8-11,17,23,25-26,29H,2,7,12-16,18-19H2,1H3;6,9,11-14,20,23-25,28H,4-5,7-8,10,15-17H2,1-3H3;;/q2*-1;;. The van der Waals surface area contributed by atoms with E-state index >= 15 is 0 Å². The van der Waals surface area contributed by atoms with Gasteiger partial charge in [-0.2, -0.15) is 36.4 Å². The van der Waals surface area contributed by atoms with E-state index in [0.29, 0.717) is 42.7 Å². The molecule has 0 saturated heterocycles. The topological polar surface area (TPSA) is 66.8 Å². The summed E-state index contributed by atoms with van der Waals surface area (Å²) < 4.78 is 5.97. The maximum absolute atomic E-state index is 12.7. The summed E-state index contributed by atoms with van der Waals surface area (Å²) in [6.07, 6.45) is 15.2. The van der Waals surface area contributed by atoms with Crippen molar-refractivity contribution in [2.75, 3.05) is 6.61 Å². The van der Waals surface area contributed by atoms with Crippen LogP contribution in [0.1, 0.15) is 174 Å². The Labute approximate surface area is 427 Å². The second kappa shape index (κ2) is 25.9. The van der Waals surface area contributed by atoms with Gasteiger partial charge in [0.2, 0.25) is 0 Å². The number of ketones is 1. The predicted molar refractivity (Wildman–Crippen MR) is 244 cm³/mol. The SMILES string of the molecule is CC(C)(C)CCCC(O)c1ccc(C2C(Cl)CCC2CCCc2cc[c-]s2)cc1.CCCC1(C(O)c2cccc(C3C(=O)CCC3COCc3c[c-]ccc3)c2)CCC1.[Y].[Y]. The molecule has 0 aliphatic heterocycles. The minimum Gasteiger partial charge on any atom is -0.389 e. The van der Waals surface area contributed by atoms with Crippen LogP contribution in [-0.4, -0.2) is 28.0 Å². The maximum atomic E-state index is 12.7. The molecule has 7 rings (SSSR count). The van der Waals surface area contributed by atoms with E-state index in [-0.39, 0.29) is 94.2 Å². The summed E-state index contributed by atoms with van der Waals surface area (Å²) in [5.74, 6) is 1.49. The number of rotatable bonds is 18. The molecule has 2 N–H and O–H groups in total. The Morgan fingerprint density at radius 2 is 1.70 bits per heavy atom. The van der Waals surface area contributed by atoms with Gasteiger partial charge in [0.05, 0.1) is 12.2 Å². The second-order valence-corrected chi connectivity index (χ2v) is 20.7. The van der Waals surface area contributed by atoms with Gasteiger partial charge >= 0.3 is 0 Å². The molecular formula is C53H69ClO4SY2-2. The molecule has 7 unspecified atom stereocenters. The van der Waals surface area contributed by atoms with Gasteiger partial charge in [-0.3, -0.25) is 4.79 Å². The van der Waals surface area contributed by atoms with Crippen molar-refractivity contribution in [2.24, 2.45) is 22.7 Å². The third-order valence-corrected chi connectivity index (χ3v) is 14.9. The molecule has 0 amide bonds. The first kappa shape index (κ1) is 53.0. The molecule has 3 aromatic carbocycles. The van der Waals surface area contributed by atoms with Gasteiger partial charge < -0.3 is 26.3 Å². The Hall–Kier alpha value is -0.592. The molecule has 4 aromatic rings. The van der Waals surface area contributed by atoms with Crippen LogP contribution in [0.4, 0.5) is 0 Å². The predicted octanol–water partition coefficient (Wildman–Crippen LogP) is 13.7. The average molecular weight is 1020 g/mol. The third-order valence-electron chi connectivity index (χ3n) is 13.6. The summed E-state index contributed by atoms with van der Waals surface area (Å²) in [4.78, 5) is 14.2. The van der Waals surface area contributed by atoms with Gasteiger partial charge in [0.25, 0.3) is 0 Å². The second-order valence-electron chi connectivity index (χ2n) is 19.1. The number of thiophene rings is 1. The Kier molecular flexibility index (Phi) is 22.5. The molecule has 1 aromatic heterocycles. The Bertz CT molecular complexity index is 1840. The zero-order chi connectivity index (χ0) is 41.8. The molecule has 326 valence electrons. The van der Waals surface area contributed by atoms with E-state index in [2.05, 4.69) is 81.6 Å². The molecule has 2 radical (unpaired) electrons. The molecule has 3 fully saturated rings. The van der Waals surface area contributed by atoms with Crippen LogP contribution < -0.4 is 0 Å². The van der Waals surface area contributed by atoms with Crippen LogP contribution >= 0.6 is 22.9 Å². The average Bonchev–Trinajstić information content (AvgIpc) is 3.97. The normalized spacial score (nSPS) is 22.9. The van der Waals surface area contributed by atoms with Crippen LogP contribution in [0.3, 0.4) is 0 Å². The Morgan fingerprint density at radius 1 is 0.918 bits per heavy atom. The summed E-state index contributed by atoms with van der Waals surface area (Å²) in [7, 11) is 0. The van der Waals surface area contributed by atoms with Crippen molar-refractivity contribution in [3.8, 4) is 0 Å². The number of halogens is 1. The summed E-state index contributed by atoms with van der Waals surface area (Å²) in [6.45, 7) is 10.1. The first-order valence-corrected chi connectivity index (χ1v) is 23.9. The van der Waals surface area contributed by atoms with E-state index in [1.165, 1.54) is 36.1 Å². The summed E-state index contributed by atoms with van der Waals surface area (Å²) in [5.41, 5.74) is 5.87. The smallest absolute Gasteiger partial charge is 0.140 e. The number of carbonyl (C=O) groups is 1. The van der Waals surface area contributed by atoms with Crippen molar-refractivity contribution >= 4 is 28.7 Å². The molecule has 61 heavy (non-hydrogen) atoms. The van der Waals surface area contributed by atoms with Gasteiger partial charge in [-0.1, -0.05) is 115 Å². The van der Waals surface area contributed by atoms with E-state index < -0.39 is 6.10 Å². The van der Waals surface area contributed by atoms with Crippen molar-refractivity contribution in [1.82, 2.24) is 0 Å².